The van der Waals surface area contributed by atoms with E-state index in [-0.39, 0.29) is 17.4 Å². The number of hydrogen-bond donors (Lipinski definition) is 0. The number of carbonyl (C=O) groups is 1. The number of aryl methyl sites for hydroxylation is 1. The molecule has 128 valence electrons. The fraction of sp³-hybridized carbons (Fsp3) is 0.471. The molecule has 0 bridgehead atoms. The summed E-state index contributed by atoms with van der Waals surface area (Å²) in [5, 5.41) is 8.20. The lowest BCUT2D eigenvalue weighted by Crippen LogP contribution is -2.39. The van der Waals surface area contributed by atoms with Crippen LogP contribution in [0, 0.1) is 11.6 Å². The van der Waals surface area contributed by atoms with Gasteiger partial charge in [0.15, 0.2) is 11.6 Å². The average Bonchev–Trinajstić information content (AvgIpc) is 3.05. The van der Waals surface area contributed by atoms with Crippen molar-refractivity contribution < 1.29 is 13.6 Å². The first kappa shape index (κ1) is 16.5. The molecule has 1 amide bonds. The first-order valence-electron chi connectivity index (χ1n) is 8.22. The molecule has 1 aromatic carbocycles. The lowest BCUT2D eigenvalue weighted by molar-refractivity contribution is 0.0702. The summed E-state index contributed by atoms with van der Waals surface area (Å²) in [4.78, 5) is 14.3. The molecule has 24 heavy (non-hydrogen) atoms. The molecular formula is C17H20F2N4O. The molecule has 1 fully saturated rings. The number of hydrogen-bond acceptors (Lipinski definition) is 3. The fourth-order valence-corrected chi connectivity index (χ4v) is 3.18. The van der Waals surface area contributed by atoms with Crippen molar-refractivity contribution >= 4 is 5.91 Å². The Hall–Kier alpha value is -2.31. The monoisotopic (exact) mass is 334 g/mol. The summed E-state index contributed by atoms with van der Waals surface area (Å²) in [5.41, 5.74) is 0.171. The normalized spacial score (nSPS) is 18.0. The summed E-state index contributed by atoms with van der Waals surface area (Å²) in [6, 6.07) is 3.27. The van der Waals surface area contributed by atoms with Gasteiger partial charge in [0.1, 0.15) is 12.2 Å². The third-order valence-corrected chi connectivity index (χ3v) is 4.35. The van der Waals surface area contributed by atoms with Crippen LogP contribution in [0.15, 0.2) is 24.5 Å². The number of likely N-dealkylation sites (tertiary alicyclic amines) is 1. The van der Waals surface area contributed by atoms with Crippen LogP contribution < -0.4 is 0 Å². The van der Waals surface area contributed by atoms with Crippen LogP contribution in [0.3, 0.4) is 0 Å². The van der Waals surface area contributed by atoms with Crippen molar-refractivity contribution in [3.63, 3.8) is 0 Å². The van der Waals surface area contributed by atoms with Gasteiger partial charge in [-0.15, -0.1) is 10.2 Å². The van der Waals surface area contributed by atoms with Gasteiger partial charge >= 0.3 is 0 Å². The number of rotatable bonds is 4. The highest BCUT2D eigenvalue weighted by Gasteiger charge is 2.28. The second kappa shape index (κ2) is 7.07. The molecule has 2 aromatic rings. The third-order valence-electron chi connectivity index (χ3n) is 4.35. The number of halogens is 2. The van der Waals surface area contributed by atoms with Crippen LogP contribution in [0.5, 0.6) is 0 Å². The van der Waals surface area contributed by atoms with E-state index in [1.807, 2.05) is 4.57 Å². The van der Waals surface area contributed by atoms with Crippen molar-refractivity contribution in [3.8, 4) is 0 Å². The van der Waals surface area contributed by atoms with Crippen molar-refractivity contribution in [2.24, 2.45) is 0 Å². The van der Waals surface area contributed by atoms with Crippen LogP contribution in [0.25, 0.3) is 0 Å². The van der Waals surface area contributed by atoms with Crippen LogP contribution in [0.1, 0.15) is 48.3 Å². The Morgan fingerprint density at radius 3 is 2.92 bits per heavy atom. The van der Waals surface area contributed by atoms with E-state index in [2.05, 4.69) is 17.1 Å². The van der Waals surface area contributed by atoms with Crippen molar-refractivity contribution in [1.82, 2.24) is 19.7 Å². The summed E-state index contributed by atoms with van der Waals surface area (Å²) in [7, 11) is 0. The number of amides is 1. The van der Waals surface area contributed by atoms with E-state index in [4.69, 9.17) is 0 Å². The molecular weight excluding hydrogens is 314 g/mol. The van der Waals surface area contributed by atoms with Gasteiger partial charge in [-0.25, -0.2) is 8.78 Å². The molecule has 0 radical (unpaired) electrons. The van der Waals surface area contributed by atoms with Crippen LogP contribution in [-0.2, 0) is 6.54 Å². The average molecular weight is 334 g/mol. The summed E-state index contributed by atoms with van der Waals surface area (Å²) >= 11 is 0. The number of carbonyl (C=O) groups excluding carboxylic acids is 1. The van der Waals surface area contributed by atoms with Crippen LogP contribution in [0.2, 0.25) is 0 Å². The Bertz CT molecular complexity index is 731. The van der Waals surface area contributed by atoms with Gasteiger partial charge in [0.25, 0.3) is 5.91 Å². The number of aromatic nitrogens is 3. The summed E-state index contributed by atoms with van der Waals surface area (Å²) < 4.78 is 28.5. The molecule has 0 saturated carbocycles. The molecule has 1 saturated heterocycles. The zero-order valence-electron chi connectivity index (χ0n) is 13.6. The van der Waals surface area contributed by atoms with E-state index < -0.39 is 11.6 Å². The smallest absolute Gasteiger partial charge is 0.253 e. The van der Waals surface area contributed by atoms with Crippen LogP contribution >= 0.6 is 0 Å². The topological polar surface area (TPSA) is 51.0 Å². The fourth-order valence-electron chi connectivity index (χ4n) is 3.18. The highest BCUT2D eigenvalue weighted by Crippen LogP contribution is 2.26. The SMILES string of the molecule is CCCn1cnnc1[C@@H]1CCCN(C(=O)c2ccc(F)c(F)c2)C1. The van der Waals surface area contributed by atoms with Gasteiger partial charge in [-0.05, 0) is 37.5 Å². The molecule has 0 unspecified atom stereocenters. The van der Waals surface area contributed by atoms with Gasteiger partial charge in [0.05, 0.1) is 0 Å². The van der Waals surface area contributed by atoms with Crippen LogP contribution in [0.4, 0.5) is 8.78 Å². The first-order valence-corrected chi connectivity index (χ1v) is 8.22. The highest BCUT2D eigenvalue weighted by molar-refractivity contribution is 5.94. The van der Waals surface area contributed by atoms with E-state index in [1.54, 1.807) is 11.2 Å². The van der Waals surface area contributed by atoms with Crippen molar-refractivity contribution in [2.75, 3.05) is 13.1 Å². The zero-order chi connectivity index (χ0) is 17.1. The van der Waals surface area contributed by atoms with Crippen LogP contribution in [-0.4, -0.2) is 38.7 Å². The molecule has 7 heteroatoms. The number of piperidine rings is 1. The van der Waals surface area contributed by atoms with E-state index in [1.165, 1.54) is 6.07 Å². The Labute approximate surface area is 139 Å². The van der Waals surface area contributed by atoms with E-state index in [9.17, 15) is 13.6 Å². The molecule has 1 aromatic heterocycles. The third kappa shape index (κ3) is 3.29. The largest absolute Gasteiger partial charge is 0.338 e. The molecule has 1 aliphatic heterocycles. The minimum atomic E-state index is -1.00. The molecule has 0 aliphatic carbocycles. The Morgan fingerprint density at radius 2 is 2.17 bits per heavy atom. The molecule has 3 rings (SSSR count). The van der Waals surface area contributed by atoms with E-state index >= 15 is 0 Å². The Morgan fingerprint density at radius 1 is 1.33 bits per heavy atom. The Balaban J connectivity index is 1.76. The lowest BCUT2D eigenvalue weighted by atomic mass is 9.96. The molecule has 1 atom stereocenters. The van der Waals surface area contributed by atoms with Gasteiger partial charge < -0.3 is 9.47 Å². The summed E-state index contributed by atoms with van der Waals surface area (Å²) in [6.45, 7) is 4.05. The van der Waals surface area contributed by atoms with Crippen molar-refractivity contribution in [2.45, 2.75) is 38.6 Å². The molecule has 0 N–H and O–H groups in total. The van der Waals surface area contributed by atoms with Gasteiger partial charge in [-0.1, -0.05) is 6.92 Å². The minimum absolute atomic E-state index is 0.113. The standard InChI is InChI=1S/C17H20F2N4O/c1-2-7-23-11-20-21-16(23)13-4-3-8-22(10-13)17(24)12-5-6-14(18)15(19)9-12/h5-6,9,11,13H,2-4,7-8,10H2,1H3/t13-/m1/s1. The lowest BCUT2D eigenvalue weighted by Gasteiger charge is -2.32. The maximum atomic E-state index is 13.4. The quantitative estimate of drug-likeness (QED) is 0.864. The predicted octanol–water partition coefficient (Wildman–Crippen LogP) is 2.99. The van der Waals surface area contributed by atoms with Gasteiger partial charge in [-0.3, -0.25) is 4.79 Å². The van der Waals surface area contributed by atoms with E-state index in [0.29, 0.717) is 13.1 Å². The summed E-state index contributed by atoms with van der Waals surface area (Å²) in [6.07, 6.45) is 4.48. The predicted molar refractivity (Wildman–Crippen MR) is 84.5 cm³/mol. The summed E-state index contributed by atoms with van der Waals surface area (Å²) in [5.74, 6) is -1.23. The second-order valence-electron chi connectivity index (χ2n) is 6.10. The number of benzene rings is 1. The molecule has 0 spiro atoms. The molecule has 5 nitrogen and oxygen atoms in total. The molecule has 2 heterocycles. The molecule has 1 aliphatic rings. The highest BCUT2D eigenvalue weighted by atomic mass is 19.2. The van der Waals surface area contributed by atoms with Crippen molar-refractivity contribution in [3.05, 3.63) is 47.5 Å². The van der Waals surface area contributed by atoms with Gasteiger partial charge in [-0.2, -0.15) is 0 Å². The Kier molecular flexibility index (Phi) is 4.87. The maximum Gasteiger partial charge on any atom is 0.253 e. The number of nitrogens with zero attached hydrogens (tertiary/aromatic N) is 4. The van der Waals surface area contributed by atoms with E-state index in [0.717, 1.165) is 43.8 Å². The van der Waals surface area contributed by atoms with Crippen molar-refractivity contribution in [1.29, 1.82) is 0 Å². The maximum absolute atomic E-state index is 13.4. The second-order valence-corrected chi connectivity index (χ2v) is 6.10. The zero-order valence-corrected chi connectivity index (χ0v) is 13.6. The van der Waals surface area contributed by atoms with Gasteiger partial charge in [0, 0.05) is 31.1 Å². The first-order chi connectivity index (χ1) is 11.6. The minimum Gasteiger partial charge on any atom is -0.338 e. The van der Waals surface area contributed by atoms with Gasteiger partial charge in [0.2, 0.25) is 0 Å².